The number of nitrogens with one attached hydrogen (secondary N) is 1. The molecule has 1 aromatic carbocycles. The molecule has 1 aliphatic heterocycles. The molecule has 0 saturated heterocycles. The van der Waals surface area contributed by atoms with Gasteiger partial charge < -0.3 is 15.2 Å². The van der Waals surface area contributed by atoms with Gasteiger partial charge in [-0.3, -0.25) is 0 Å². The van der Waals surface area contributed by atoms with Crippen LogP contribution in [0.25, 0.3) is 0 Å². The zero-order valence-corrected chi connectivity index (χ0v) is 7.74. The second-order valence-corrected chi connectivity index (χ2v) is 3.67. The molecule has 13 heavy (non-hydrogen) atoms. The van der Waals surface area contributed by atoms with Crippen LogP contribution in [0.3, 0.4) is 0 Å². The number of rotatable bonds is 0. The number of benzene rings is 1. The van der Waals surface area contributed by atoms with Crippen LogP contribution in [0.2, 0.25) is 0 Å². The highest BCUT2D eigenvalue weighted by Gasteiger charge is 2.31. The second kappa shape index (κ2) is 2.72. The van der Waals surface area contributed by atoms with Crippen LogP contribution < -0.4 is 5.32 Å². The number of hydrogen-bond donors (Lipinski definition) is 2. The maximum absolute atomic E-state index is 9.36. The molecule has 3 nitrogen and oxygen atoms in total. The van der Waals surface area contributed by atoms with Gasteiger partial charge in [0.25, 0.3) is 0 Å². The van der Waals surface area contributed by atoms with Crippen molar-refractivity contribution in [2.24, 2.45) is 0 Å². The zero-order chi connectivity index (χ0) is 9.47. The monoisotopic (exact) mass is 179 g/mol. The number of aliphatic hydroxyl groups excluding tert-OH is 1. The van der Waals surface area contributed by atoms with E-state index in [1.165, 1.54) is 0 Å². The molecular weight excluding hydrogens is 166 g/mol. The van der Waals surface area contributed by atoms with E-state index in [0.717, 1.165) is 11.3 Å². The predicted molar refractivity (Wildman–Crippen MR) is 50.2 cm³/mol. The Morgan fingerprint density at radius 1 is 1.38 bits per heavy atom. The molecule has 1 unspecified atom stereocenters. The highest BCUT2D eigenvalue weighted by Crippen LogP contribution is 2.35. The largest absolute Gasteiger partial charge is 0.351 e. The molecule has 0 aromatic heterocycles. The molecule has 0 saturated carbocycles. The van der Waals surface area contributed by atoms with Gasteiger partial charge in [-0.15, -0.1) is 0 Å². The Hall–Kier alpha value is -1.06. The van der Waals surface area contributed by atoms with E-state index in [1.807, 2.05) is 38.1 Å². The van der Waals surface area contributed by atoms with E-state index in [9.17, 15) is 5.11 Å². The average molecular weight is 179 g/mol. The van der Waals surface area contributed by atoms with Gasteiger partial charge in [0.1, 0.15) is 0 Å². The lowest BCUT2D eigenvalue weighted by Crippen LogP contribution is -2.38. The van der Waals surface area contributed by atoms with E-state index in [2.05, 4.69) is 5.32 Å². The normalized spacial score (nSPS) is 24.7. The van der Waals surface area contributed by atoms with Gasteiger partial charge in [0.2, 0.25) is 6.41 Å². The molecule has 0 radical (unpaired) electrons. The molecular formula is C10H13NO2. The van der Waals surface area contributed by atoms with E-state index in [4.69, 9.17) is 4.74 Å². The summed E-state index contributed by atoms with van der Waals surface area (Å²) in [7, 11) is 0. The molecule has 2 N–H and O–H groups in total. The zero-order valence-electron chi connectivity index (χ0n) is 7.74. The van der Waals surface area contributed by atoms with Crippen molar-refractivity contribution in [1.82, 2.24) is 0 Å². The lowest BCUT2D eigenvalue weighted by atomic mass is 9.95. The van der Waals surface area contributed by atoms with Crippen molar-refractivity contribution in [1.29, 1.82) is 0 Å². The summed E-state index contributed by atoms with van der Waals surface area (Å²) < 4.78 is 5.34. The van der Waals surface area contributed by atoms with Crippen molar-refractivity contribution in [3.05, 3.63) is 29.8 Å². The van der Waals surface area contributed by atoms with Crippen molar-refractivity contribution in [2.45, 2.75) is 25.9 Å². The molecule has 1 aliphatic rings. The molecule has 3 heteroatoms. The molecule has 2 rings (SSSR count). The second-order valence-electron chi connectivity index (χ2n) is 3.67. The van der Waals surface area contributed by atoms with Crippen molar-refractivity contribution < 1.29 is 9.84 Å². The summed E-state index contributed by atoms with van der Waals surface area (Å²) in [5.41, 5.74) is 1.58. The van der Waals surface area contributed by atoms with Crippen LogP contribution >= 0.6 is 0 Å². The van der Waals surface area contributed by atoms with Crippen LogP contribution in [0.5, 0.6) is 0 Å². The number of ether oxygens (including phenoxy) is 1. The average Bonchev–Trinajstić information content (AvgIpc) is 2.02. The van der Waals surface area contributed by atoms with Crippen LogP contribution in [0, 0.1) is 0 Å². The van der Waals surface area contributed by atoms with Crippen LogP contribution in [0.4, 0.5) is 5.69 Å². The molecule has 0 aliphatic carbocycles. The SMILES string of the molecule is CC1(C)OC(O)Nc2ccccc21. The highest BCUT2D eigenvalue weighted by molar-refractivity contribution is 5.54. The van der Waals surface area contributed by atoms with Gasteiger partial charge in [-0.25, -0.2) is 0 Å². The molecule has 0 fully saturated rings. The van der Waals surface area contributed by atoms with Gasteiger partial charge in [-0.2, -0.15) is 0 Å². The Balaban J connectivity index is 2.50. The smallest absolute Gasteiger partial charge is 0.236 e. The first-order valence-electron chi connectivity index (χ1n) is 4.31. The summed E-state index contributed by atoms with van der Waals surface area (Å²) in [4.78, 5) is 0. The molecule has 1 aromatic rings. The van der Waals surface area contributed by atoms with Crippen LogP contribution in [-0.4, -0.2) is 11.5 Å². The Kier molecular flexibility index (Phi) is 1.78. The first-order chi connectivity index (χ1) is 6.09. The van der Waals surface area contributed by atoms with E-state index in [1.54, 1.807) is 0 Å². The van der Waals surface area contributed by atoms with Gasteiger partial charge >= 0.3 is 0 Å². The number of para-hydroxylation sites is 1. The van der Waals surface area contributed by atoms with Crippen molar-refractivity contribution in [2.75, 3.05) is 5.32 Å². The number of anilines is 1. The topological polar surface area (TPSA) is 41.5 Å². The van der Waals surface area contributed by atoms with Gasteiger partial charge in [-0.05, 0) is 19.9 Å². The van der Waals surface area contributed by atoms with E-state index >= 15 is 0 Å². The highest BCUT2D eigenvalue weighted by atomic mass is 16.6. The number of fused-ring (bicyclic) bond motifs is 1. The van der Waals surface area contributed by atoms with Crippen molar-refractivity contribution in [3.8, 4) is 0 Å². The molecule has 0 amide bonds. The van der Waals surface area contributed by atoms with E-state index in [-0.39, 0.29) is 0 Å². The predicted octanol–water partition coefficient (Wildman–Crippen LogP) is 1.64. The van der Waals surface area contributed by atoms with Crippen LogP contribution in [0.15, 0.2) is 24.3 Å². The summed E-state index contributed by atoms with van der Waals surface area (Å²) >= 11 is 0. The third-order valence-corrected chi connectivity index (χ3v) is 2.26. The Bertz CT molecular complexity index is 322. The van der Waals surface area contributed by atoms with Gasteiger partial charge in [0.15, 0.2) is 0 Å². The fourth-order valence-electron chi connectivity index (χ4n) is 1.64. The molecule has 70 valence electrons. The maximum Gasteiger partial charge on any atom is 0.236 e. The van der Waals surface area contributed by atoms with Crippen molar-refractivity contribution >= 4 is 5.69 Å². The summed E-state index contributed by atoms with van der Waals surface area (Å²) in [5, 5.41) is 12.2. The molecule has 0 bridgehead atoms. The Morgan fingerprint density at radius 3 is 2.85 bits per heavy atom. The molecule has 1 atom stereocenters. The lowest BCUT2D eigenvalue weighted by molar-refractivity contribution is -0.167. The Morgan fingerprint density at radius 2 is 2.08 bits per heavy atom. The van der Waals surface area contributed by atoms with Gasteiger partial charge in [0, 0.05) is 11.3 Å². The first kappa shape index (κ1) is 8.53. The van der Waals surface area contributed by atoms with Crippen molar-refractivity contribution in [3.63, 3.8) is 0 Å². The minimum atomic E-state index is -0.912. The minimum Gasteiger partial charge on any atom is -0.351 e. The Labute approximate surface area is 77.3 Å². The number of hydrogen-bond acceptors (Lipinski definition) is 3. The summed E-state index contributed by atoms with van der Waals surface area (Å²) in [6.07, 6.45) is -0.912. The standard InChI is InChI=1S/C10H13NO2/c1-10(2)7-5-3-4-6-8(7)11-9(12)13-10/h3-6,9,11-12H,1-2H3. The molecule has 0 spiro atoms. The quantitative estimate of drug-likeness (QED) is 0.636. The fourth-order valence-corrected chi connectivity index (χ4v) is 1.64. The van der Waals surface area contributed by atoms with E-state index in [0.29, 0.717) is 0 Å². The maximum atomic E-state index is 9.36. The fraction of sp³-hybridized carbons (Fsp3) is 0.400. The third kappa shape index (κ3) is 1.41. The number of aliphatic hydroxyl groups is 1. The third-order valence-electron chi connectivity index (χ3n) is 2.26. The van der Waals surface area contributed by atoms with Crippen LogP contribution in [-0.2, 0) is 10.3 Å². The van der Waals surface area contributed by atoms with Gasteiger partial charge in [-0.1, -0.05) is 18.2 Å². The first-order valence-corrected chi connectivity index (χ1v) is 4.31. The summed E-state index contributed by atoms with van der Waals surface area (Å²) in [6, 6.07) is 7.82. The minimum absolute atomic E-state index is 0.429. The van der Waals surface area contributed by atoms with Gasteiger partial charge in [0.05, 0.1) is 5.60 Å². The van der Waals surface area contributed by atoms with E-state index < -0.39 is 12.0 Å². The molecule has 1 heterocycles. The summed E-state index contributed by atoms with van der Waals surface area (Å²) in [6.45, 7) is 3.88. The van der Waals surface area contributed by atoms with Crippen LogP contribution in [0.1, 0.15) is 19.4 Å². The summed E-state index contributed by atoms with van der Waals surface area (Å²) in [5.74, 6) is 0. The lowest BCUT2D eigenvalue weighted by Gasteiger charge is -2.36.